The molecular formula is C16H23N3. The van der Waals surface area contributed by atoms with Gasteiger partial charge in [0.2, 0.25) is 0 Å². The summed E-state index contributed by atoms with van der Waals surface area (Å²) in [6.07, 6.45) is 1.04. The Kier molecular flexibility index (Phi) is 4.38. The van der Waals surface area contributed by atoms with E-state index >= 15 is 0 Å². The zero-order chi connectivity index (χ0) is 13.8. The van der Waals surface area contributed by atoms with Gasteiger partial charge in [-0.25, -0.2) is 0 Å². The molecular weight excluding hydrogens is 234 g/mol. The molecule has 0 aliphatic heterocycles. The molecule has 0 bridgehead atoms. The summed E-state index contributed by atoms with van der Waals surface area (Å²) < 4.78 is 2.12. The highest BCUT2D eigenvalue weighted by Crippen LogP contribution is 2.15. The van der Waals surface area contributed by atoms with E-state index in [1.165, 1.54) is 22.4 Å². The predicted octanol–water partition coefficient (Wildman–Crippen LogP) is 2.62. The Bertz CT molecular complexity index is 555. The van der Waals surface area contributed by atoms with Crippen LogP contribution in [0.1, 0.15) is 28.1 Å². The minimum atomic E-state index is 0.855. The van der Waals surface area contributed by atoms with Gasteiger partial charge >= 0.3 is 0 Å². The lowest BCUT2D eigenvalue weighted by atomic mass is 10.1. The maximum absolute atomic E-state index is 4.68. The average Bonchev–Trinajstić information content (AvgIpc) is 2.62. The van der Waals surface area contributed by atoms with Gasteiger partial charge in [-0.15, -0.1) is 0 Å². The van der Waals surface area contributed by atoms with Crippen LogP contribution in [0.15, 0.2) is 24.3 Å². The van der Waals surface area contributed by atoms with Gasteiger partial charge in [0.1, 0.15) is 0 Å². The number of aromatic nitrogens is 2. The van der Waals surface area contributed by atoms with E-state index in [0.717, 1.165) is 25.2 Å². The van der Waals surface area contributed by atoms with Gasteiger partial charge in [-0.3, -0.25) is 4.68 Å². The van der Waals surface area contributed by atoms with Crippen LogP contribution in [0.5, 0.6) is 0 Å². The van der Waals surface area contributed by atoms with E-state index in [-0.39, 0.29) is 0 Å². The average molecular weight is 257 g/mol. The largest absolute Gasteiger partial charge is 0.319 e. The second-order valence-electron chi connectivity index (χ2n) is 5.15. The highest BCUT2D eigenvalue weighted by atomic mass is 15.3. The van der Waals surface area contributed by atoms with Crippen LogP contribution in [-0.4, -0.2) is 23.4 Å². The van der Waals surface area contributed by atoms with Gasteiger partial charge in [0.25, 0.3) is 0 Å². The summed E-state index contributed by atoms with van der Waals surface area (Å²) in [5, 5.41) is 7.88. The van der Waals surface area contributed by atoms with Gasteiger partial charge in [0.05, 0.1) is 12.2 Å². The van der Waals surface area contributed by atoms with Crippen LogP contribution in [0.2, 0.25) is 0 Å². The molecule has 1 heterocycles. The van der Waals surface area contributed by atoms with Gasteiger partial charge in [-0.1, -0.05) is 29.8 Å². The lowest BCUT2D eigenvalue weighted by Crippen LogP contribution is -2.11. The minimum absolute atomic E-state index is 0.855. The van der Waals surface area contributed by atoms with E-state index in [1.807, 2.05) is 7.05 Å². The Hall–Kier alpha value is -1.61. The molecule has 3 heteroatoms. The van der Waals surface area contributed by atoms with Crippen molar-refractivity contribution in [3.63, 3.8) is 0 Å². The number of nitrogens with zero attached hydrogens (tertiary/aromatic N) is 2. The van der Waals surface area contributed by atoms with Crippen molar-refractivity contribution < 1.29 is 0 Å². The van der Waals surface area contributed by atoms with Gasteiger partial charge in [-0.05, 0) is 51.9 Å². The van der Waals surface area contributed by atoms with Crippen LogP contribution in [0.3, 0.4) is 0 Å². The highest BCUT2D eigenvalue weighted by Gasteiger charge is 2.11. The molecule has 0 amide bonds. The number of likely N-dealkylation sites (N-methyl/N-ethyl adjacent to an activating group) is 1. The topological polar surface area (TPSA) is 29.9 Å². The fourth-order valence-electron chi connectivity index (χ4n) is 2.48. The van der Waals surface area contributed by atoms with Gasteiger partial charge in [0.15, 0.2) is 0 Å². The Labute approximate surface area is 115 Å². The number of hydrogen-bond donors (Lipinski definition) is 1. The van der Waals surface area contributed by atoms with E-state index in [4.69, 9.17) is 0 Å². The molecule has 0 unspecified atom stereocenters. The van der Waals surface area contributed by atoms with E-state index in [1.54, 1.807) is 0 Å². The van der Waals surface area contributed by atoms with Crippen LogP contribution in [-0.2, 0) is 13.0 Å². The Balaban J connectivity index is 2.21. The van der Waals surface area contributed by atoms with Crippen LogP contribution in [0.4, 0.5) is 0 Å². The summed E-state index contributed by atoms with van der Waals surface area (Å²) in [6, 6.07) is 8.63. The maximum atomic E-state index is 4.68. The van der Waals surface area contributed by atoms with Crippen molar-refractivity contribution in [2.75, 3.05) is 13.6 Å². The van der Waals surface area contributed by atoms with Crippen molar-refractivity contribution in [2.45, 2.75) is 33.7 Å². The monoisotopic (exact) mass is 257 g/mol. The molecule has 2 rings (SSSR count). The Morgan fingerprint density at radius 2 is 2.00 bits per heavy atom. The van der Waals surface area contributed by atoms with Crippen LogP contribution in [0, 0.1) is 20.8 Å². The smallest absolute Gasteiger partial charge is 0.0662 e. The Morgan fingerprint density at radius 3 is 2.68 bits per heavy atom. The quantitative estimate of drug-likeness (QED) is 0.892. The van der Waals surface area contributed by atoms with Gasteiger partial charge < -0.3 is 5.32 Å². The molecule has 0 radical (unpaired) electrons. The molecule has 2 aromatic rings. The number of rotatable bonds is 5. The molecule has 0 fully saturated rings. The van der Waals surface area contributed by atoms with Gasteiger partial charge in [0, 0.05) is 5.69 Å². The first-order chi connectivity index (χ1) is 9.11. The first-order valence-corrected chi connectivity index (χ1v) is 6.85. The standard InChI is InChI=1S/C16H23N3/c1-12-6-5-7-15(10-12)11-19-14(3)16(8-9-17-4)13(2)18-19/h5-7,10,17H,8-9,11H2,1-4H3. The van der Waals surface area contributed by atoms with Crippen LogP contribution in [0.25, 0.3) is 0 Å². The molecule has 0 saturated carbocycles. The zero-order valence-electron chi connectivity index (χ0n) is 12.3. The lowest BCUT2D eigenvalue weighted by molar-refractivity contribution is 0.657. The second kappa shape index (κ2) is 6.02. The van der Waals surface area contributed by atoms with Crippen molar-refractivity contribution in [2.24, 2.45) is 0 Å². The van der Waals surface area contributed by atoms with Crippen molar-refractivity contribution in [3.8, 4) is 0 Å². The fourth-order valence-corrected chi connectivity index (χ4v) is 2.48. The number of aryl methyl sites for hydroxylation is 2. The molecule has 0 aliphatic carbocycles. The van der Waals surface area contributed by atoms with E-state index in [9.17, 15) is 0 Å². The third-order valence-electron chi connectivity index (χ3n) is 3.57. The summed E-state index contributed by atoms with van der Waals surface area (Å²) in [6.45, 7) is 8.25. The van der Waals surface area contributed by atoms with Crippen LogP contribution >= 0.6 is 0 Å². The molecule has 3 nitrogen and oxygen atoms in total. The zero-order valence-corrected chi connectivity index (χ0v) is 12.3. The SMILES string of the molecule is CNCCc1c(C)nn(Cc2cccc(C)c2)c1C. The first kappa shape index (κ1) is 13.8. The summed E-state index contributed by atoms with van der Waals surface area (Å²) in [7, 11) is 1.99. The predicted molar refractivity (Wildman–Crippen MR) is 79.6 cm³/mol. The summed E-state index contributed by atoms with van der Waals surface area (Å²) in [4.78, 5) is 0. The second-order valence-corrected chi connectivity index (χ2v) is 5.15. The maximum Gasteiger partial charge on any atom is 0.0662 e. The molecule has 102 valence electrons. The minimum Gasteiger partial charge on any atom is -0.319 e. The fraction of sp³-hybridized carbons (Fsp3) is 0.438. The third-order valence-corrected chi connectivity index (χ3v) is 3.57. The van der Waals surface area contributed by atoms with Gasteiger partial charge in [-0.2, -0.15) is 5.10 Å². The Morgan fingerprint density at radius 1 is 1.21 bits per heavy atom. The van der Waals surface area contributed by atoms with Crippen LogP contribution < -0.4 is 5.32 Å². The van der Waals surface area contributed by atoms with Crippen molar-refractivity contribution in [1.82, 2.24) is 15.1 Å². The molecule has 0 saturated heterocycles. The van der Waals surface area contributed by atoms with E-state index < -0.39 is 0 Å². The summed E-state index contributed by atoms with van der Waals surface area (Å²) in [5.41, 5.74) is 6.43. The molecule has 19 heavy (non-hydrogen) atoms. The third kappa shape index (κ3) is 3.24. The summed E-state index contributed by atoms with van der Waals surface area (Å²) >= 11 is 0. The molecule has 0 aliphatic rings. The van der Waals surface area contributed by atoms with E-state index in [0.29, 0.717) is 0 Å². The van der Waals surface area contributed by atoms with Crippen molar-refractivity contribution in [1.29, 1.82) is 0 Å². The number of hydrogen-bond acceptors (Lipinski definition) is 2. The lowest BCUT2D eigenvalue weighted by Gasteiger charge is -2.06. The number of benzene rings is 1. The number of nitrogens with one attached hydrogen (secondary N) is 1. The van der Waals surface area contributed by atoms with E-state index in [2.05, 4.69) is 60.1 Å². The van der Waals surface area contributed by atoms with Crippen molar-refractivity contribution >= 4 is 0 Å². The first-order valence-electron chi connectivity index (χ1n) is 6.85. The molecule has 1 N–H and O–H groups in total. The molecule has 0 atom stereocenters. The van der Waals surface area contributed by atoms with Crippen molar-refractivity contribution in [3.05, 3.63) is 52.3 Å². The summed E-state index contributed by atoms with van der Waals surface area (Å²) in [5.74, 6) is 0. The normalized spacial score (nSPS) is 10.9. The molecule has 1 aromatic heterocycles. The highest BCUT2D eigenvalue weighted by molar-refractivity contribution is 5.27. The molecule has 0 spiro atoms. The molecule has 1 aromatic carbocycles.